The summed E-state index contributed by atoms with van der Waals surface area (Å²) >= 11 is 0. The first kappa shape index (κ1) is 18.2. The van der Waals surface area contributed by atoms with Gasteiger partial charge >= 0.3 is 0 Å². The van der Waals surface area contributed by atoms with Gasteiger partial charge in [-0.05, 0) is 43.9 Å². The summed E-state index contributed by atoms with van der Waals surface area (Å²) in [4.78, 5) is 17.0. The van der Waals surface area contributed by atoms with Gasteiger partial charge in [-0.25, -0.2) is 4.98 Å². The number of pyridine rings is 2. The van der Waals surface area contributed by atoms with Crippen LogP contribution in [-0.4, -0.2) is 15.6 Å². The minimum Gasteiger partial charge on any atom is -0.380 e. The van der Waals surface area contributed by atoms with Gasteiger partial charge in [0.2, 0.25) is 0 Å². The van der Waals surface area contributed by atoms with Gasteiger partial charge in [-0.2, -0.15) is 0 Å². The Hall–Kier alpha value is -2.62. The Bertz CT molecular complexity index is 956. The van der Waals surface area contributed by atoms with Gasteiger partial charge in [-0.15, -0.1) is 0 Å². The molecule has 2 aromatic heterocycles. The summed E-state index contributed by atoms with van der Waals surface area (Å²) in [6.07, 6.45) is 5.76. The fourth-order valence-electron chi connectivity index (χ4n) is 3.64. The number of rotatable bonds is 3. The van der Waals surface area contributed by atoms with Crippen LogP contribution in [0.1, 0.15) is 38.9 Å². The molecule has 1 aromatic carbocycles. The zero-order valence-electron chi connectivity index (χ0n) is 16.0. The molecule has 0 saturated heterocycles. The third-order valence-corrected chi connectivity index (χ3v) is 4.85. The second-order valence-corrected chi connectivity index (χ2v) is 6.54. The molecule has 138 valence electrons. The van der Waals surface area contributed by atoms with Crippen LogP contribution in [0.4, 0.5) is 5.69 Å². The Kier molecular flexibility index (Phi) is 5.40. The molecule has 0 spiro atoms. The van der Waals surface area contributed by atoms with Crippen molar-refractivity contribution in [2.75, 3.05) is 5.32 Å². The van der Waals surface area contributed by atoms with E-state index in [0.29, 0.717) is 11.4 Å². The van der Waals surface area contributed by atoms with E-state index >= 15 is 0 Å². The topological polar surface area (TPSA) is 46.9 Å². The summed E-state index contributed by atoms with van der Waals surface area (Å²) in [6, 6.07) is 10.9. The summed E-state index contributed by atoms with van der Waals surface area (Å²) in [5, 5.41) is 4.25. The molecule has 4 rings (SSSR count). The fourth-order valence-corrected chi connectivity index (χ4v) is 3.64. The molecule has 4 heteroatoms. The number of aromatic nitrogens is 2. The van der Waals surface area contributed by atoms with Gasteiger partial charge in [0.1, 0.15) is 5.65 Å². The molecular formula is C22H29N3O. The highest BCUT2D eigenvalue weighted by Gasteiger charge is 2.21. The van der Waals surface area contributed by atoms with Crippen molar-refractivity contribution >= 4 is 16.7 Å². The van der Waals surface area contributed by atoms with Crippen molar-refractivity contribution in [3.8, 4) is 0 Å². The van der Waals surface area contributed by atoms with Gasteiger partial charge in [0.15, 0.2) is 5.43 Å². The number of nitrogens with zero attached hydrogens (tertiary/aromatic N) is 2. The molecule has 1 aliphatic carbocycles. The molecule has 1 N–H and O–H groups in total. The van der Waals surface area contributed by atoms with Gasteiger partial charge in [0.05, 0.1) is 17.3 Å². The van der Waals surface area contributed by atoms with E-state index < -0.39 is 0 Å². The van der Waals surface area contributed by atoms with Crippen molar-refractivity contribution < 1.29 is 1.43 Å². The Labute approximate surface area is 156 Å². The molecule has 3 aromatic rings. The quantitative estimate of drug-likeness (QED) is 0.751. The first-order valence-corrected chi connectivity index (χ1v) is 9.49. The molecule has 0 amide bonds. The van der Waals surface area contributed by atoms with E-state index in [1.807, 2.05) is 43.8 Å². The molecule has 0 radical (unpaired) electrons. The van der Waals surface area contributed by atoms with Crippen molar-refractivity contribution in [2.45, 2.75) is 53.1 Å². The predicted octanol–water partition coefficient (Wildman–Crippen LogP) is 4.58. The van der Waals surface area contributed by atoms with E-state index in [9.17, 15) is 4.79 Å². The lowest BCUT2D eigenvalue weighted by atomic mass is 10.1. The number of anilines is 1. The SMILES string of the molecule is CC.CCn1cc(C)c(=O)c2cc(NC3Cc4ccccc4C3)cnc21.[HH]. The van der Waals surface area contributed by atoms with Crippen LogP contribution in [-0.2, 0) is 19.4 Å². The van der Waals surface area contributed by atoms with Crippen molar-refractivity contribution in [2.24, 2.45) is 0 Å². The highest BCUT2D eigenvalue weighted by atomic mass is 16.1. The van der Waals surface area contributed by atoms with Crippen molar-refractivity contribution in [1.29, 1.82) is 0 Å². The van der Waals surface area contributed by atoms with Crippen LogP contribution in [0.15, 0.2) is 47.5 Å². The molecule has 0 fully saturated rings. The van der Waals surface area contributed by atoms with Crippen molar-refractivity contribution in [3.63, 3.8) is 0 Å². The molecule has 1 aliphatic rings. The van der Waals surface area contributed by atoms with Gasteiger partial charge in [0.25, 0.3) is 0 Å². The minimum atomic E-state index is 0. The van der Waals surface area contributed by atoms with Crippen molar-refractivity contribution in [3.05, 3.63) is 69.6 Å². The van der Waals surface area contributed by atoms with E-state index in [1.165, 1.54) is 11.1 Å². The van der Waals surface area contributed by atoms with Crippen LogP contribution in [0.3, 0.4) is 0 Å². The number of hydrogen-bond acceptors (Lipinski definition) is 3. The minimum absolute atomic E-state index is 0. The van der Waals surface area contributed by atoms with Crippen LogP contribution >= 0.6 is 0 Å². The van der Waals surface area contributed by atoms with Gasteiger partial charge in [-0.3, -0.25) is 4.79 Å². The lowest BCUT2D eigenvalue weighted by Gasteiger charge is -2.15. The molecule has 0 atom stereocenters. The normalized spacial score (nSPS) is 13.2. The standard InChI is InChI=1S/C20H21N3O.C2H6.H2/c1-3-23-12-13(2)19(24)18-10-17(11-21-20(18)23)22-16-8-14-6-4-5-7-15(14)9-16;1-2;/h4-7,10-12,16,22H,3,8-9H2,1-2H3;1-2H3;1H. The fraction of sp³-hybridized carbons (Fsp3) is 0.364. The average molecular weight is 351 g/mol. The third kappa shape index (κ3) is 3.36. The summed E-state index contributed by atoms with van der Waals surface area (Å²) < 4.78 is 2.03. The summed E-state index contributed by atoms with van der Waals surface area (Å²) in [6.45, 7) is 8.73. The lowest BCUT2D eigenvalue weighted by Crippen LogP contribution is -2.20. The first-order chi connectivity index (χ1) is 12.7. The van der Waals surface area contributed by atoms with E-state index in [-0.39, 0.29) is 6.86 Å². The number of hydrogen-bond donors (Lipinski definition) is 1. The number of aryl methyl sites for hydroxylation is 2. The Morgan fingerprint density at radius 3 is 2.50 bits per heavy atom. The van der Waals surface area contributed by atoms with Gasteiger partial charge in [-0.1, -0.05) is 38.1 Å². The maximum atomic E-state index is 12.5. The molecule has 26 heavy (non-hydrogen) atoms. The number of nitrogens with one attached hydrogen (secondary N) is 1. The van der Waals surface area contributed by atoms with Crippen LogP contribution in [0.2, 0.25) is 0 Å². The smallest absolute Gasteiger partial charge is 0.193 e. The Morgan fingerprint density at radius 2 is 1.88 bits per heavy atom. The maximum Gasteiger partial charge on any atom is 0.193 e. The summed E-state index contributed by atoms with van der Waals surface area (Å²) in [7, 11) is 0. The highest BCUT2D eigenvalue weighted by molar-refractivity contribution is 5.79. The van der Waals surface area contributed by atoms with Crippen LogP contribution < -0.4 is 10.7 Å². The highest BCUT2D eigenvalue weighted by Crippen LogP contribution is 2.25. The van der Waals surface area contributed by atoms with E-state index in [0.717, 1.165) is 36.3 Å². The molecular weight excluding hydrogens is 322 g/mol. The van der Waals surface area contributed by atoms with E-state index in [1.54, 1.807) is 0 Å². The van der Waals surface area contributed by atoms with Crippen LogP contribution in [0.5, 0.6) is 0 Å². The van der Waals surface area contributed by atoms with Crippen LogP contribution in [0, 0.1) is 6.92 Å². The molecule has 0 unspecified atom stereocenters. The number of fused-ring (bicyclic) bond motifs is 2. The summed E-state index contributed by atoms with van der Waals surface area (Å²) in [5.74, 6) is 0. The second-order valence-electron chi connectivity index (χ2n) is 6.54. The van der Waals surface area contributed by atoms with E-state index in [4.69, 9.17) is 0 Å². The largest absolute Gasteiger partial charge is 0.380 e. The first-order valence-electron chi connectivity index (χ1n) is 9.49. The molecule has 0 aliphatic heterocycles. The molecule has 0 bridgehead atoms. The Morgan fingerprint density at radius 1 is 1.23 bits per heavy atom. The molecule has 2 heterocycles. The van der Waals surface area contributed by atoms with Crippen LogP contribution in [0.25, 0.3) is 11.0 Å². The maximum absolute atomic E-state index is 12.5. The third-order valence-electron chi connectivity index (χ3n) is 4.85. The monoisotopic (exact) mass is 351 g/mol. The lowest BCUT2D eigenvalue weighted by molar-refractivity contribution is 0.766. The number of benzene rings is 1. The summed E-state index contributed by atoms with van der Waals surface area (Å²) in [5.41, 5.74) is 5.33. The zero-order chi connectivity index (χ0) is 18.7. The predicted molar refractivity (Wildman–Crippen MR) is 111 cm³/mol. The van der Waals surface area contributed by atoms with Crippen molar-refractivity contribution in [1.82, 2.24) is 9.55 Å². The second kappa shape index (κ2) is 7.73. The van der Waals surface area contributed by atoms with Gasteiger partial charge in [0, 0.05) is 25.8 Å². The van der Waals surface area contributed by atoms with E-state index in [2.05, 4.69) is 41.5 Å². The molecule has 0 saturated carbocycles. The average Bonchev–Trinajstić information content (AvgIpc) is 3.08. The van der Waals surface area contributed by atoms with Gasteiger partial charge < -0.3 is 9.88 Å². The Balaban J connectivity index is 0.000000844. The molecule has 4 nitrogen and oxygen atoms in total. The zero-order valence-corrected chi connectivity index (χ0v) is 16.0.